The van der Waals surface area contributed by atoms with Crippen molar-refractivity contribution in [1.29, 1.82) is 0 Å². The molecule has 3 aromatic carbocycles. The molecule has 0 aromatic heterocycles. The zero-order valence-electron chi connectivity index (χ0n) is 19.4. The van der Waals surface area contributed by atoms with Gasteiger partial charge in [0.15, 0.2) is 17.3 Å². The number of benzene rings is 3. The minimum atomic E-state index is -0.608. The first-order valence-corrected chi connectivity index (χ1v) is 12.0. The number of carbonyl (C=O) groups is 3. The number of Topliss-reactive ketones (excluding diaryl/α,β-unsaturated/α-hetero) is 1. The predicted molar refractivity (Wildman–Crippen MR) is 139 cm³/mol. The molecule has 0 spiro atoms. The van der Waals surface area contributed by atoms with E-state index >= 15 is 0 Å². The van der Waals surface area contributed by atoms with Crippen molar-refractivity contribution in [3.63, 3.8) is 0 Å². The van der Waals surface area contributed by atoms with Crippen molar-refractivity contribution in [2.24, 2.45) is 0 Å². The van der Waals surface area contributed by atoms with Gasteiger partial charge >= 0.3 is 0 Å². The predicted octanol–water partition coefficient (Wildman–Crippen LogP) is 5.76. The second kappa shape index (κ2) is 11.3. The number of carbonyl (C=O) groups excluding carboxylic acids is 3. The Morgan fingerprint density at radius 2 is 1.81 bits per heavy atom. The second-order valence-electron chi connectivity index (χ2n) is 7.79. The Morgan fingerprint density at radius 1 is 1.08 bits per heavy atom. The van der Waals surface area contributed by atoms with Crippen molar-refractivity contribution in [2.45, 2.75) is 6.61 Å². The van der Waals surface area contributed by atoms with Crippen LogP contribution in [0.2, 0.25) is 5.02 Å². The monoisotopic (exact) mass is 538 g/mol. The van der Waals surface area contributed by atoms with E-state index in [0.29, 0.717) is 22.1 Å². The lowest BCUT2D eigenvalue weighted by molar-refractivity contribution is -0.384. The van der Waals surface area contributed by atoms with Gasteiger partial charge in [-0.25, -0.2) is 0 Å². The summed E-state index contributed by atoms with van der Waals surface area (Å²) in [6, 6.07) is 17.3. The maximum absolute atomic E-state index is 12.8. The van der Waals surface area contributed by atoms with Gasteiger partial charge in [-0.05, 0) is 53.7 Å². The standard InChI is InChI=1S/C26H19ClN2O7S/c1-35-23-12-16(6-11-22(23)36-15-18-4-2-3-5-20(18)27)13-24-25(31)28(26(32)37-24)14-21(30)17-7-9-19(10-8-17)29(33)34/h2-13H,14-15H2,1H3/b24-13+. The highest BCUT2D eigenvalue weighted by Crippen LogP contribution is 2.35. The SMILES string of the molecule is COc1cc(/C=C2/SC(=O)N(CC(=O)c3ccc([N+](=O)[O-])cc3)C2=O)ccc1OCc1ccccc1Cl. The summed E-state index contributed by atoms with van der Waals surface area (Å²) < 4.78 is 11.3. The molecule has 0 aliphatic carbocycles. The molecule has 3 aromatic rings. The Labute approximate surface area is 220 Å². The summed E-state index contributed by atoms with van der Waals surface area (Å²) in [6.07, 6.45) is 1.53. The number of amides is 2. The van der Waals surface area contributed by atoms with Gasteiger partial charge in [0.1, 0.15) is 6.61 Å². The molecule has 0 unspecified atom stereocenters. The lowest BCUT2D eigenvalue weighted by Crippen LogP contribution is -2.33. The fourth-order valence-electron chi connectivity index (χ4n) is 3.46. The van der Waals surface area contributed by atoms with E-state index in [4.69, 9.17) is 21.1 Å². The molecule has 9 nitrogen and oxygen atoms in total. The number of nitrogens with zero attached hydrogens (tertiary/aromatic N) is 2. The lowest BCUT2D eigenvalue weighted by atomic mass is 10.1. The van der Waals surface area contributed by atoms with E-state index in [1.165, 1.54) is 37.5 Å². The molecule has 4 rings (SSSR count). The van der Waals surface area contributed by atoms with E-state index in [2.05, 4.69) is 0 Å². The van der Waals surface area contributed by atoms with E-state index in [1.54, 1.807) is 24.3 Å². The van der Waals surface area contributed by atoms with Gasteiger partial charge in [-0.3, -0.25) is 29.4 Å². The van der Waals surface area contributed by atoms with E-state index in [0.717, 1.165) is 22.2 Å². The van der Waals surface area contributed by atoms with Gasteiger partial charge in [-0.1, -0.05) is 35.9 Å². The molecule has 0 saturated carbocycles. The molecule has 37 heavy (non-hydrogen) atoms. The van der Waals surface area contributed by atoms with Crippen LogP contribution in [-0.2, 0) is 11.4 Å². The van der Waals surface area contributed by atoms with Crippen molar-refractivity contribution in [3.8, 4) is 11.5 Å². The van der Waals surface area contributed by atoms with Crippen molar-refractivity contribution < 1.29 is 28.8 Å². The van der Waals surface area contributed by atoms with Crippen LogP contribution in [0.15, 0.2) is 71.6 Å². The lowest BCUT2D eigenvalue weighted by Gasteiger charge is -2.12. The Bertz CT molecular complexity index is 1420. The highest BCUT2D eigenvalue weighted by atomic mass is 35.5. The zero-order chi connectivity index (χ0) is 26.5. The van der Waals surface area contributed by atoms with Gasteiger partial charge in [0.05, 0.1) is 23.5 Å². The van der Waals surface area contributed by atoms with Gasteiger partial charge in [0, 0.05) is 28.3 Å². The maximum atomic E-state index is 12.8. The van der Waals surface area contributed by atoms with Crippen LogP contribution < -0.4 is 9.47 Å². The summed E-state index contributed by atoms with van der Waals surface area (Å²) in [7, 11) is 1.49. The normalized spacial score (nSPS) is 14.2. The molecule has 11 heteroatoms. The molecule has 0 atom stereocenters. The molecule has 1 saturated heterocycles. The van der Waals surface area contributed by atoms with E-state index in [9.17, 15) is 24.5 Å². The Balaban J connectivity index is 1.46. The summed E-state index contributed by atoms with van der Waals surface area (Å²) in [5, 5.41) is 10.8. The van der Waals surface area contributed by atoms with Gasteiger partial charge in [-0.2, -0.15) is 0 Å². The number of nitro benzene ring substituents is 1. The van der Waals surface area contributed by atoms with Crippen LogP contribution in [0.4, 0.5) is 10.5 Å². The number of hydrogen-bond acceptors (Lipinski definition) is 8. The number of hydrogen-bond donors (Lipinski definition) is 0. The second-order valence-corrected chi connectivity index (χ2v) is 9.19. The molecular formula is C26H19ClN2O7S. The molecule has 1 fully saturated rings. The average molecular weight is 539 g/mol. The maximum Gasteiger partial charge on any atom is 0.293 e. The average Bonchev–Trinajstić information content (AvgIpc) is 3.15. The Kier molecular flexibility index (Phi) is 7.90. The minimum Gasteiger partial charge on any atom is -0.493 e. The fourth-order valence-corrected chi connectivity index (χ4v) is 4.48. The number of ketones is 1. The number of non-ortho nitro benzene ring substituents is 1. The number of thioether (sulfide) groups is 1. The first-order valence-electron chi connectivity index (χ1n) is 10.8. The summed E-state index contributed by atoms with van der Waals surface area (Å²) >= 11 is 6.89. The number of methoxy groups -OCH3 is 1. The van der Waals surface area contributed by atoms with Crippen molar-refractivity contribution in [3.05, 3.63) is 103 Å². The third-order valence-electron chi connectivity index (χ3n) is 5.40. The van der Waals surface area contributed by atoms with Crippen LogP contribution in [-0.4, -0.2) is 40.4 Å². The smallest absolute Gasteiger partial charge is 0.293 e. The zero-order valence-corrected chi connectivity index (χ0v) is 21.0. The van der Waals surface area contributed by atoms with E-state index in [-0.39, 0.29) is 22.8 Å². The van der Waals surface area contributed by atoms with Crippen LogP contribution in [0.25, 0.3) is 6.08 Å². The Morgan fingerprint density at radius 3 is 2.49 bits per heavy atom. The summed E-state index contributed by atoms with van der Waals surface area (Å²) in [5.41, 5.74) is 1.40. The van der Waals surface area contributed by atoms with Crippen molar-refractivity contribution in [1.82, 2.24) is 4.90 Å². The van der Waals surface area contributed by atoms with Crippen molar-refractivity contribution in [2.75, 3.05) is 13.7 Å². The largest absolute Gasteiger partial charge is 0.493 e. The minimum absolute atomic E-state index is 0.147. The molecule has 188 valence electrons. The third kappa shape index (κ3) is 5.99. The van der Waals surface area contributed by atoms with Crippen LogP contribution in [0.1, 0.15) is 21.5 Å². The van der Waals surface area contributed by atoms with Crippen molar-refractivity contribution >= 4 is 52.1 Å². The summed E-state index contributed by atoms with van der Waals surface area (Å²) in [4.78, 5) is 49.1. The van der Waals surface area contributed by atoms with E-state index < -0.39 is 28.4 Å². The summed E-state index contributed by atoms with van der Waals surface area (Å²) in [5.74, 6) is -0.224. The van der Waals surface area contributed by atoms with E-state index in [1.807, 2.05) is 18.2 Å². The molecule has 2 amide bonds. The van der Waals surface area contributed by atoms with Gasteiger partial charge in [-0.15, -0.1) is 0 Å². The molecule has 1 aliphatic rings. The third-order valence-corrected chi connectivity index (χ3v) is 6.68. The molecule has 0 bridgehead atoms. The molecule has 0 N–H and O–H groups in total. The highest BCUT2D eigenvalue weighted by molar-refractivity contribution is 8.18. The van der Waals surface area contributed by atoms with Crippen LogP contribution in [0.5, 0.6) is 11.5 Å². The highest BCUT2D eigenvalue weighted by Gasteiger charge is 2.36. The van der Waals surface area contributed by atoms with Crippen LogP contribution in [0.3, 0.4) is 0 Å². The molecular weight excluding hydrogens is 520 g/mol. The first-order chi connectivity index (χ1) is 17.8. The number of imide groups is 1. The van der Waals surface area contributed by atoms with Gasteiger partial charge < -0.3 is 9.47 Å². The quantitative estimate of drug-likeness (QED) is 0.146. The first kappa shape index (κ1) is 25.9. The van der Waals surface area contributed by atoms with Crippen LogP contribution >= 0.6 is 23.4 Å². The molecule has 1 heterocycles. The topological polar surface area (TPSA) is 116 Å². The van der Waals surface area contributed by atoms with Crippen LogP contribution in [0, 0.1) is 10.1 Å². The number of nitro groups is 1. The van der Waals surface area contributed by atoms with Gasteiger partial charge in [0.2, 0.25) is 0 Å². The van der Waals surface area contributed by atoms with Gasteiger partial charge in [0.25, 0.3) is 16.8 Å². The molecule has 1 aliphatic heterocycles. The number of halogens is 1. The summed E-state index contributed by atoms with van der Waals surface area (Å²) in [6.45, 7) is -0.241. The molecule has 0 radical (unpaired) electrons. The number of rotatable bonds is 9. The fraction of sp³-hybridized carbons (Fsp3) is 0.115. The number of ether oxygens (including phenoxy) is 2. The Hall–Kier alpha value is -4.15.